The van der Waals surface area contributed by atoms with Crippen LogP contribution in [-0.4, -0.2) is 27.2 Å². The Morgan fingerprint density at radius 2 is 2.32 bits per heavy atom. The molecular weight excluding hydrogens is 244 g/mol. The number of pyridine rings is 1. The van der Waals surface area contributed by atoms with Crippen LogP contribution in [-0.2, 0) is 6.54 Å². The van der Waals surface area contributed by atoms with Gasteiger partial charge in [-0.15, -0.1) is 0 Å². The number of carbonyl (C=O) groups excluding carboxylic acids is 1. The van der Waals surface area contributed by atoms with Crippen LogP contribution in [0.2, 0.25) is 0 Å². The fourth-order valence-electron chi connectivity index (χ4n) is 1.68. The van der Waals surface area contributed by atoms with Crippen LogP contribution in [0.5, 0.6) is 0 Å². The van der Waals surface area contributed by atoms with Gasteiger partial charge in [0.15, 0.2) is 0 Å². The van der Waals surface area contributed by atoms with Crippen molar-refractivity contribution in [2.45, 2.75) is 13.5 Å². The summed E-state index contributed by atoms with van der Waals surface area (Å²) in [6.45, 7) is 3.08. The Kier molecular flexibility index (Phi) is 4.09. The van der Waals surface area contributed by atoms with E-state index in [1.807, 2.05) is 13.1 Å². The normalized spacial score (nSPS) is 10.2. The topological polar surface area (TPSA) is 97.9 Å². The van der Waals surface area contributed by atoms with Crippen molar-refractivity contribution in [3.63, 3.8) is 0 Å². The molecule has 0 spiro atoms. The van der Waals surface area contributed by atoms with Gasteiger partial charge in [-0.05, 0) is 18.6 Å². The van der Waals surface area contributed by atoms with E-state index in [-0.39, 0.29) is 5.91 Å². The summed E-state index contributed by atoms with van der Waals surface area (Å²) in [6, 6.07) is 1.61. The summed E-state index contributed by atoms with van der Waals surface area (Å²) in [7, 11) is 0. The number of aryl methyl sites for hydroxylation is 1. The molecule has 0 bridgehead atoms. The molecule has 2 aromatic heterocycles. The summed E-state index contributed by atoms with van der Waals surface area (Å²) >= 11 is 0. The average Bonchev–Trinajstić information content (AvgIpc) is 2.84. The second-order valence-electron chi connectivity index (χ2n) is 4.10. The second kappa shape index (κ2) is 5.96. The molecule has 0 saturated carbocycles. The van der Waals surface area contributed by atoms with Crippen molar-refractivity contribution >= 4 is 11.6 Å². The lowest BCUT2D eigenvalue weighted by atomic mass is 10.2. The maximum atomic E-state index is 12.0. The molecule has 2 heterocycles. The highest BCUT2D eigenvalue weighted by Crippen LogP contribution is 2.11. The van der Waals surface area contributed by atoms with Crippen molar-refractivity contribution in [2.24, 2.45) is 5.84 Å². The van der Waals surface area contributed by atoms with Gasteiger partial charge in [0.05, 0.1) is 30.2 Å². The lowest BCUT2D eigenvalue weighted by Crippen LogP contribution is -2.28. The Morgan fingerprint density at radius 3 is 3.00 bits per heavy atom. The first-order valence-electron chi connectivity index (χ1n) is 5.88. The number of hydrazine groups is 1. The Hall–Kier alpha value is -2.41. The van der Waals surface area contributed by atoms with Gasteiger partial charge >= 0.3 is 0 Å². The molecule has 0 saturated heterocycles. The maximum Gasteiger partial charge on any atom is 0.253 e. The lowest BCUT2D eigenvalue weighted by Gasteiger charge is -2.09. The van der Waals surface area contributed by atoms with Crippen LogP contribution in [0, 0.1) is 6.92 Å². The van der Waals surface area contributed by atoms with E-state index in [9.17, 15) is 4.79 Å². The van der Waals surface area contributed by atoms with E-state index in [1.54, 1.807) is 23.1 Å². The molecule has 0 aromatic carbocycles. The Labute approximate surface area is 110 Å². The SMILES string of the molecule is Cc1cnn(CCNC(=O)c2ccncc2NN)c1. The van der Waals surface area contributed by atoms with E-state index in [1.165, 1.54) is 6.20 Å². The van der Waals surface area contributed by atoms with Crippen molar-refractivity contribution < 1.29 is 4.79 Å². The quantitative estimate of drug-likeness (QED) is 0.530. The molecule has 2 rings (SSSR count). The zero-order chi connectivity index (χ0) is 13.7. The third kappa shape index (κ3) is 3.29. The highest BCUT2D eigenvalue weighted by atomic mass is 16.1. The average molecular weight is 260 g/mol. The van der Waals surface area contributed by atoms with Gasteiger partial charge in [-0.3, -0.25) is 20.3 Å². The summed E-state index contributed by atoms with van der Waals surface area (Å²) in [5.41, 5.74) is 4.50. The number of nitrogens with zero attached hydrogens (tertiary/aromatic N) is 3. The zero-order valence-electron chi connectivity index (χ0n) is 10.6. The maximum absolute atomic E-state index is 12.0. The highest BCUT2D eigenvalue weighted by Gasteiger charge is 2.09. The number of hydrogen-bond donors (Lipinski definition) is 3. The standard InChI is InChI=1S/C12H16N6O/c1-9-6-16-18(8-9)5-4-15-12(19)10-2-3-14-7-11(10)17-13/h2-3,6-8,17H,4-5,13H2,1H3,(H,15,19). The molecule has 19 heavy (non-hydrogen) atoms. The van der Waals surface area contributed by atoms with Crippen LogP contribution in [0.15, 0.2) is 30.9 Å². The highest BCUT2D eigenvalue weighted by molar-refractivity contribution is 5.99. The third-order valence-corrected chi connectivity index (χ3v) is 2.61. The molecule has 100 valence electrons. The molecule has 0 unspecified atom stereocenters. The second-order valence-corrected chi connectivity index (χ2v) is 4.10. The summed E-state index contributed by atoms with van der Waals surface area (Å²) in [4.78, 5) is 15.8. The number of aromatic nitrogens is 3. The first-order chi connectivity index (χ1) is 9.20. The number of nitrogens with one attached hydrogen (secondary N) is 2. The minimum atomic E-state index is -0.195. The molecule has 7 nitrogen and oxygen atoms in total. The van der Waals surface area contributed by atoms with Gasteiger partial charge in [-0.2, -0.15) is 5.10 Å². The molecular formula is C12H16N6O. The van der Waals surface area contributed by atoms with Gasteiger partial charge < -0.3 is 10.7 Å². The van der Waals surface area contributed by atoms with Crippen molar-refractivity contribution in [1.82, 2.24) is 20.1 Å². The van der Waals surface area contributed by atoms with Crippen LogP contribution in [0.3, 0.4) is 0 Å². The van der Waals surface area contributed by atoms with E-state index in [2.05, 4.69) is 20.8 Å². The number of amides is 1. The summed E-state index contributed by atoms with van der Waals surface area (Å²) < 4.78 is 1.78. The monoisotopic (exact) mass is 260 g/mol. The van der Waals surface area contributed by atoms with Crippen LogP contribution in [0.1, 0.15) is 15.9 Å². The summed E-state index contributed by atoms with van der Waals surface area (Å²) in [5.74, 6) is 5.13. The largest absolute Gasteiger partial charge is 0.350 e. The first-order valence-corrected chi connectivity index (χ1v) is 5.88. The predicted octanol–water partition coefficient (Wildman–Crippen LogP) is 0.302. The number of hydrogen-bond acceptors (Lipinski definition) is 5. The molecule has 4 N–H and O–H groups in total. The van der Waals surface area contributed by atoms with Crippen LogP contribution >= 0.6 is 0 Å². The van der Waals surface area contributed by atoms with Crippen LogP contribution in [0.25, 0.3) is 0 Å². The van der Waals surface area contributed by atoms with E-state index in [4.69, 9.17) is 5.84 Å². The molecule has 0 radical (unpaired) electrons. The van der Waals surface area contributed by atoms with E-state index in [0.29, 0.717) is 24.3 Å². The van der Waals surface area contributed by atoms with Crippen molar-refractivity contribution in [2.75, 3.05) is 12.0 Å². The van der Waals surface area contributed by atoms with Crippen molar-refractivity contribution in [3.05, 3.63) is 42.0 Å². The van der Waals surface area contributed by atoms with Gasteiger partial charge in [-0.25, -0.2) is 0 Å². The van der Waals surface area contributed by atoms with Gasteiger partial charge in [0.2, 0.25) is 0 Å². The van der Waals surface area contributed by atoms with E-state index < -0.39 is 0 Å². The Morgan fingerprint density at radius 1 is 1.47 bits per heavy atom. The molecule has 0 aliphatic carbocycles. The van der Waals surface area contributed by atoms with Gasteiger partial charge in [-0.1, -0.05) is 0 Å². The smallest absolute Gasteiger partial charge is 0.253 e. The fourth-order valence-corrected chi connectivity index (χ4v) is 1.68. The fraction of sp³-hybridized carbons (Fsp3) is 0.250. The first kappa shape index (κ1) is 13.0. The van der Waals surface area contributed by atoms with Gasteiger partial charge in [0.25, 0.3) is 5.91 Å². The molecule has 0 aliphatic rings. The zero-order valence-corrected chi connectivity index (χ0v) is 10.6. The van der Waals surface area contributed by atoms with Gasteiger partial charge in [0, 0.05) is 18.9 Å². The number of nitrogen functional groups attached to an aromatic ring is 1. The van der Waals surface area contributed by atoms with Crippen molar-refractivity contribution in [3.8, 4) is 0 Å². The molecule has 0 atom stereocenters. The Balaban J connectivity index is 1.90. The molecule has 2 aromatic rings. The minimum Gasteiger partial charge on any atom is -0.350 e. The molecule has 0 fully saturated rings. The third-order valence-electron chi connectivity index (χ3n) is 2.61. The Bertz CT molecular complexity index is 565. The van der Waals surface area contributed by atoms with E-state index >= 15 is 0 Å². The molecule has 0 aliphatic heterocycles. The van der Waals surface area contributed by atoms with Crippen molar-refractivity contribution in [1.29, 1.82) is 0 Å². The molecule has 1 amide bonds. The molecule has 7 heteroatoms. The summed E-state index contributed by atoms with van der Waals surface area (Å²) in [6.07, 6.45) is 6.75. The number of nitrogens with two attached hydrogens (primary N) is 1. The number of carbonyl (C=O) groups is 1. The number of anilines is 1. The van der Waals surface area contributed by atoms with Crippen LogP contribution in [0.4, 0.5) is 5.69 Å². The van der Waals surface area contributed by atoms with Crippen LogP contribution < -0.4 is 16.6 Å². The minimum absolute atomic E-state index is 0.195. The lowest BCUT2D eigenvalue weighted by molar-refractivity contribution is 0.0952. The van der Waals surface area contributed by atoms with E-state index in [0.717, 1.165) is 5.56 Å². The summed E-state index contributed by atoms with van der Waals surface area (Å²) in [5, 5.41) is 6.95. The van der Waals surface area contributed by atoms with Gasteiger partial charge in [0.1, 0.15) is 0 Å². The predicted molar refractivity (Wildman–Crippen MR) is 71.3 cm³/mol. The number of rotatable bonds is 5.